The van der Waals surface area contributed by atoms with E-state index in [2.05, 4.69) is 11.2 Å². The zero-order valence-electron chi connectivity index (χ0n) is 19.5. The Hall–Kier alpha value is -3.29. The monoisotopic (exact) mass is 466 g/mol. The third-order valence-corrected chi connectivity index (χ3v) is 7.35. The van der Waals surface area contributed by atoms with Crippen LogP contribution in [0.3, 0.4) is 0 Å². The van der Waals surface area contributed by atoms with Crippen molar-refractivity contribution in [2.75, 3.05) is 7.05 Å². The molecule has 3 atom stereocenters. The Kier molecular flexibility index (Phi) is 6.06. The summed E-state index contributed by atoms with van der Waals surface area (Å²) in [4.78, 5) is 25.6. The van der Waals surface area contributed by atoms with Gasteiger partial charge in [-0.3, -0.25) is 4.79 Å². The molecule has 0 radical (unpaired) electrons. The number of rotatable bonds is 7. The van der Waals surface area contributed by atoms with Crippen LogP contribution in [-0.2, 0) is 16.1 Å². The lowest BCUT2D eigenvalue weighted by Crippen LogP contribution is -2.35. The lowest BCUT2D eigenvalue weighted by molar-refractivity contribution is -0.143. The Bertz CT molecular complexity index is 1100. The average Bonchev–Trinajstić information content (AvgIpc) is 3.24. The van der Waals surface area contributed by atoms with E-state index in [0.717, 1.165) is 36.8 Å². The summed E-state index contributed by atoms with van der Waals surface area (Å²) in [6.07, 6.45) is 7.11. The van der Waals surface area contributed by atoms with E-state index in [0.29, 0.717) is 30.0 Å². The molecule has 2 fully saturated rings. The second-order valence-corrected chi connectivity index (χ2v) is 9.60. The van der Waals surface area contributed by atoms with Crippen molar-refractivity contribution < 1.29 is 28.7 Å². The maximum absolute atomic E-state index is 12.5. The fraction of sp³-hybridized carbons (Fsp3) is 0.500. The summed E-state index contributed by atoms with van der Waals surface area (Å²) in [5.74, 6) is 0.357. The van der Waals surface area contributed by atoms with Gasteiger partial charge in [-0.25, -0.2) is 4.79 Å². The van der Waals surface area contributed by atoms with Gasteiger partial charge in [0.2, 0.25) is 0 Å². The second kappa shape index (κ2) is 9.16. The van der Waals surface area contributed by atoms with E-state index in [9.17, 15) is 14.7 Å². The van der Waals surface area contributed by atoms with E-state index < -0.39 is 5.97 Å². The van der Waals surface area contributed by atoms with Crippen molar-refractivity contribution in [2.45, 2.75) is 64.2 Å². The minimum Gasteiger partial charge on any atom is -0.489 e. The number of ether oxygens (including phenoxy) is 2. The molecular weight excluding hydrogens is 436 g/mol. The van der Waals surface area contributed by atoms with Crippen molar-refractivity contribution in [2.24, 2.45) is 11.8 Å². The van der Waals surface area contributed by atoms with Gasteiger partial charge in [0.05, 0.1) is 17.2 Å². The summed E-state index contributed by atoms with van der Waals surface area (Å²) < 4.78 is 17.3. The van der Waals surface area contributed by atoms with E-state index >= 15 is 0 Å². The molecule has 0 aliphatic heterocycles. The van der Waals surface area contributed by atoms with Crippen molar-refractivity contribution in [3.05, 3.63) is 47.2 Å². The normalized spacial score (nSPS) is 23.7. The summed E-state index contributed by atoms with van der Waals surface area (Å²) in [5, 5.41) is 13.5. The molecule has 1 aromatic heterocycles. The smallest absolute Gasteiger partial charge is 0.410 e. The number of nitrogens with zero attached hydrogens (tertiary/aromatic N) is 2. The fourth-order valence-electron chi connectivity index (χ4n) is 5.16. The molecule has 2 aromatic rings. The molecule has 1 N–H and O–H groups in total. The molecule has 5 rings (SSSR count). The van der Waals surface area contributed by atoms with Crippen LogP contribution in [0, 0.1) is 18.8 Å². The highest BCUT2D eigenvalue weighted by atomic mass is 16.6. The van der Waals surface area contributed by atoms with Crippen LogP contribution < -0.4 is 4.74 Å². The molecule has 3 aliphatic rings. The average molecular weight is 467 g/mol. The van der Waals surface area contributed by atoms with Crippen LogP contribution in [0.1, 0.15) is 49.8 Å². The van der Waals surface area contributed by atoms with Crippen LogP contribution in [0.4, 0.5) is 4.79 Å². The van der Waals surface area contributed by atoms with Crippen LogP contribution in [-0.4, -0.2) is 46.4 Å². The number of aliphatic carboxylic acids is 1. The Balaban J connectivity index is 1.23. The zero-order chi connectivity index (χ0) is 23.8. The third-order valence-electron chi connectivity index (χ3n) is 7.35. The number of carboxylic acids is 1. The van der Waals surface area contributed by atoms with E-state index in [1.54, 1.807) is 11.9 Å². The topological polar surface area (TPSA) is 102 Å². The van der Waals surface area contributed by atoms with Crippen LogP contribution in [0.25, 0.3) is 11.3 Å². The van der Waals surface area contributed by atoms with Crippen molar-refractivity contribution >= 4 is 12.1 Å². The number of hydrogen-bond acceptors (Lipinski definition) is 6. The van der Waals surface area contributed by atoms with Crippen LogP contribution in [0.15, 0.2) is 40.4 Å². The number of carbonyl (C=O) groups excluding carboxylic acids is 1. The molecule has 3 aliphatic carbocycles. The van der Waals surface area contributed by atoms with E-state index in [-0.39, 0.29) is 36.7 Å². The summed E-state index contributed by atoms with van der Waals surface area (Å²) in [6, 6.07) is 7.71. The molecule has 1 unspecified atom stereocenters. The fourth-order valence-corrected chi connectivity index (χ4v) is 5.16. The summed E-state index contributed by atoms with van der Waals surface area (Å²) in [7, 11) is 1.80. The molecule has 1 heterocycles. The number of hydrogen-bond donors (Lipinski definition) is 1. The standard InChI is InChI=1S/C26H30N2O6/c1-15-22(14-32-26(31)28(2)19-5-3-4-6-19)24(34-27-15)16-7-9-20(10-8-16)33-23-13-18(25(29)30)11-17-12-21(17)23/h7-10,12,18-19,21,23H,3-6,11,13-14H2,1-2H3,(H,29,30)/t18-,21?,23-/m1/s1. The first kappa shape index (κ1) is 22.5. The van der Waals surface area contributed by atoms with Crippen LogP contribution >= 0.6 is 0 Å². The van der Waals surface area contributed by atoms with Crippen LogP contribution in [0.2, 0.25) is 0 Å². The summed E-state index contributed by atoms with van der Waals surface area (Å²) in [6.45, 7) is 1.92. The van der Waals surface area contributed by atoms with Crippen molar-refractivity contribution in [3.8, 4) is 17.1 Å². The van der Waals surface area contributed by atoms with Gasteiger partial charge in [0.1, 0.15) is 18.5 Å². The SMILES string of the molecule is Cc1noc(-c2ccc(O[C@@H]3C[C@H](C(=O)O)CC4=CC43)cc2)c1COC(=O)N(C)C1CCCC1. The molecule has 0 bridgehead atoms. The number of amides is 1. The Morgan fingerprint density at radius 1 is 1.21 bits per heavy atom. The Labute approximate surface area is 198 Å². The van der Waals surface area contributed by atoms with Crippen molar-refractivity contribution in [1.29, 1.82) is 0 Å². The van der Waals surface area contributed by atoms with Crippen LogP contribution in [0.5, 0.6) is 5.75 Å². The Morgan fingerprint density at radius 3 is 2.65 bits per heavy atom. The molecule has 1 amide bonds. The van der Waals surface area contributed by atoms with Gasteiger partial charge in [-0.2, -0.15) is 0 Å². The molecule has 8 heteroatoms. The highest BCUT2D eigenvalue weighted by Gasteiger charge is 2.44. The van der Waals surface area contributed by atoms with E-state index in [4.69, 9.17) is 14.0 Å². The minimum atomic E-state index is -0.765. The predicted molar refractivity (Wildman–Crippen MR) is 123 cm³/mol. The molecular formula is C26H30N2O6. The molecule has 1 aromatic carbocycles. The summed E-state index contributed by atoms with van der Waals surface area (Å²) >= 11 is 0. The molecule has 8 nitrogen and oxygen atoms in total. The van der Waals surface area contributed by atoms with Crippen molar-refractivity contribution in [1.82, 2.24) is 10.1 Å². The zero-order valence-corrected chi connectivity index (χ0v) is 19.5. The van der Waals surface area contributed by atoms with E-state index in [1.807, 2.05) is 31.2 Å². The minimum absolute atomic E-state index is 0.0909. The molecule has 0 spiro atoms. The maximum Gasteiger partial charge on any atom is 0.410 e. The van der Waals surface area contributed by atoms with Gasteiger partial charge < -0.3 is 24.0 Å². The summed E-state index contributed by atoms with van der Waals surface area (Å²) in [5.41, 5.74) is 3.42. The molecule has 34 heavy (non-hydrogen) atoms. The number of aromatic nitrogens is 1. The van der Waals surface area contributed by atoms with Gasteiger partial charge in [-0.1, -0.05) is 29.6 Å². The second-order valence-electron chi connectivity index (χ2n) is 9.60. The number of carbonyl (C=O) groups is 2. The van der Waals surface area contributed by atoms with Gasteiger partial charge in [-0.05, 0) is 56.9 Å². The highest BCUT2D eigenvalue weighted by molar-refractivity contribution is 5.71. The molecule has 180 valence electrons. The molecule has 0 saturated heterocycles. The maximum atomic E-state index is 12.5. The van der Waals surface area contributed by atoms with Gasteiger partial charge >= 0.3 is 12.1 Å². The van der Waals surface area contributed by atoms with Gasteiger partial charge in [0, 0.05) is 24.6 Å². The van der Waals surface area contributed by atoms with Gasteiger partial charge in [-0.15, -0.1) is 0 Å². The Morgan fingerprint density at radius 2 is 1.94 bits per heavy atom. The number of benzene rings is 1. The van der Waals surface area contributed by atoms with Crippen molar-refractivity contribution in [3.63, 3.8) is 0 Å². The van der Waals surface area contributed by atoms with E-state index in [1.165, 1.54) is 5.57 Å². The highest BCUT2D eigenvalue weighted by Crippen LogP contribution is 2.46. The first-order valence-electron chi connectivity index (χ1n) is 12.0. The predicted octanol–water partition coefficient (Wildman–Crippen LogP) is 4.96. The van der Waals surface area contributed by atoms with Gasteiger partial charge in [0.15, 0.2) is 5.76 Å². The number of carboxylic acid groups (broad SMARTS) is 1. The largest absolute Gasteiger partial charge is 0.489 e. The molecule has 2 saturated carbocycles. The lowest BCUT2D eigenvalue weighted by Gasteiger charge is -2.27. The number of aryl methyl sites for hydroxylation is 1. The first-order chi connectivity index (χ1) is 16.4. The number of fused-ring (bicyclic) bond motifs is 1. The first-order valence-corrected chi connectivity index (χ1v) is 12.0. The quantitative estimate of drug-likeness (QED) is 0.576. The third kappa shape index (κ3) is 4.54. The lowest BCUT2D eigenvalue weighted by atomic mass is 9.86. The van der Waals surface area contributed by atoms with Gasteiger partial charge in [0.25, 0.3) is 0 Å².